The molecule has 0 amide bonds. The maximum atomic E-state index is 10.2. The van der Waals surface area contributed by atoms with Crippen LogP contribution in [-0.4, -0.2) is 29.4 Å². The number of para-hydroxylation sites is 1. The molecule has 2 rings (SSSR count). The Morgan fingerprint density at radius 1 is 1.15 bits per heavy atom. The lowest BCUT2D eigenvalue weighted by Gasteiger charge is -2.48. The van der Waals surface area contributed by atoms with E-state index in [1.165, 1.54) is 0 Å². The molecule has 3 nitrogen and oxygen atoms in total. The largest absolute Gasteiger partial charge is 0.388 e. The van der Waals surface area contributed by atoms with Gasteiger partial charge in [0, 0.05) is 24.3 Å². The minimum absolute atomic E-state index is 0.188. The summed E-state index contributed by atoms with van der Waals surface area (Å²) >= 11 is 0. The van der Waals surface area contributed by atoms with Crippen LogP contribution in [0.1, 0.15) is 52.7 Å². The van der Waals surface area contributed by atoms with E-state index in [1.807, 2.05) is 25.1 Å². The Hall–Kier alpha value is -1.06. The van der Waals surface area contributed by atoms with Gasteiger partial charge in [0.2, 0.25) is 0 Å². The molecule has 0 spiro atoms. The first kappa shape index (κ1) is 15.3. The van der Waals surface area contributed by atoms with Gasteiger partial charge in [0.1, 0.15) is 0 Å². The number of anilines is 1. The number of rotatable bonds is 3. The third-order valence-electron chi connectivity index (χ3n) is 3.72. The highest BCUT2D eigenvalue weighted by Crippen LogP contribution is 2.35. The zero-order valence-electron chi connectivity index (χ0n) is 13.3. The van der Waals surface area contributed by atoms with Crippen molar-refractivity contribution in [2.45, 2.75) is 58.3 Å². The van der Waals surface area contributed by atoms with Crippen molar-refractivity contribution in [1.29, 1.82) is 0 Å². The van der Waals surface area contributed by atoms with E-state index in [0.29, 0.717) is 0 Å². The lowest BCUT2D eigenvalue weighted by Crippen LogP contribution is -2.57. The normalized spacial score (nSPS) is 22.6. The number of morpholine rings is 1. The van der Waals surface area contributed by atoms with E-state index in [4.69, 9.17) is 4.74 Å². The first-order valence-electron chi connectivity index (χ1n) is 7.46. The number of ether oxygens (including phenoxy) is 1. The Morgan fingerprint density at radius 2 is 1.70 bits per heavy atom. The second kappa shape index (κ2) is 5.38. The molecule has 1 atom stereocenters. The first-order chi connectivity index (χ1) is 9.24. The standard InChI is InChI=1S/C17H27NO2/c1-6-15(19)13-9-7-8-10-14(13)18-11-16(2,3)20-17(4,5)12-18/h7-10,15,19H,6,11-12H2,1-5H3. The second-order valence-electron chi connectivity index (χ2n) is 6.96. The number of aliphatic hydroxyl groups excluding tert-OH is 1. The van der Waals surface area contributed by atoms with Crippen molar-refractivity contribution in [2.75, 3.05) is 18.0 Å². The first-order valence-corrected chi connectivity index (χ1v) is 7.46. The summed E-state index contributed by atoms with van der Waals surface area (Å²) in [5, 5.41) is 10.2. The molecule has 0 aliphatic carbocycles. The van der Waals surface area contributed by atoms with Crippen molar-refractivity contribution in [2.24, 2.45) is 0 Å². The molecule has 1 saturated heterocycles. The molecular weight excluding hydrogens is 250 g/mol. The minimum Gasteiger partial charge on any atom is -0.388 e. The van der Waals surface area contributed by atoms with Gasteiger partial charge in [-0.2, -0.15) is 0 Å². The van der Waals surface area contributed by atoms with Crippen molar-refractivity contribution in [1.82, 2.24) is 0 Å². The summed E-state index contributed by atoms with van der Waals surface area (Å²) in [5.41, 5.74) is 1.77. The van der Waals surface area contributed by atoms with Crippen molar-refractivity contribution in [3.05, 3.63) is 29.8 Å². The minimum atomic E-state index is -0.403. The van der Waals surface area contributed by atoms with Gasteiger partial charge in [-0.1, -0.05) is 25.1 Å². The predicted molar refractivity (Wildman–Crippen MR) is 83.1 cm³/mol. The maximum Gasteiger partial charge on any atom is 0.0808 e. The number of aliphatic hydroxyl groups is 1. The van der Waals surface area contributed by atoms with Gasteiger partial charge in [-0.05, 0) is 40.2 Å². The Morgan fingerprint density at radius 3 is 2.25 bits per heavy atom. The molecule has 20 heavy (non-hydrogen) atoms. The fourth-order valence-corrected chi connectivity index (χ4v) is 3.24. The second-order valence-corrected chi connectivity index (χ2v) is 6.96. The van der Waals surface area contributed by atoms with E-state index in [0.717, 1.165) is 30.8 Å². The van der Waals surface area contributed by atoms with Crippen LogP contribution in [0.25, 0.3) is 0 Å². The summed E-state index contributed by atoms with van der Waals surface area (Å²) in [4.78, 5) is 2.34. The zero-order chi connectivity index (χ0) is 15.0. The summed E-state index contributed by atoms with van der Waals surface area (Å²) in [6.07, 6.45) is 0.328. The smallest absolute Gasteiger partial charge is 0.0808 e. The predicted octanol–water partition coefficient (Wildman–Crippen LogP) is 3.52. The maximum absolute atomic E-state index is 10.2. The highest BCUT2D eigenvalue weighted by Gasteiger charge is 2.38. The van der Waals surface area contributed by atoms with Crippen molar-refractivity contribution < 1.29 is 9.84 Å². The van der Waals surface area contributed by atoms with Crippen LogP contribution in [-0.2, 0) is 4.74 Å². The van der Waals surface area contributed by atoms with Gasteiger partial charge in [-0.3, -0.25) is 0 Å². The third kappa shape index (κ3) is 3.33. The Kier molecular flexibility index (Phi) is 4.12. The van der Waals surface area contributed by atoms with Gasteiger partial charge >= 0.3 is 0 Å². The molecule has 1 fully saturated rings. The van der Waals surface area contributed by atoms with E-state index < -0.39 is 6.10 Å². The molecule has 1 aromatic carbocycles. The molecule has 1 aliphatic rings. The Balaban J connectivity index is 2.36. The van der Waals surface area contributed by atoms with Crippen molar-refractivity contribution in [3.8, 4) is 0 Å². The van der Waals surface area contributed by atoms with E-state index in [-0.39, 0.29) is 11.2 Å². The summed E-state index contributed by atoms with van der Waals surface area (Å²) < 4.78 is 6.14. The van der Waals surface area contributed by atoms with Crippen molar-refractivity contribution in [3.63, 3.8) is 0 Å². The SMILES string of the molecule is CCC(O)c1ccccc1N1CC(C)(C)OC(C)(C)C1. The lowest BCUT2D eigenvalue weighted by atomic mass is 9.96. The average molecular weight is 277 g/mol. The molecule has 0 saturated carbocycles. The fourth-order valence-electron chi connectivity index (χ4n) is 3.24. The summed E-state index contributed by atoms with van der Waals surface area (Å²) in [7, 11) is 0. The van der Waals surface area contributed by atoms with Gasteiger partial charge < -0.3 is 14.7 Å². The van der Waals surface area contributed by atoms with Gasteiger partial charge in [0.05, 0.1) is 17.3 Å². The van der Waals surface area contributed by atoms with Crippen LogP contribution in [0, 0.1) is 0 Å². The van der Waals surface area contributed by atoms with Crippen LogP contribution < -0.4 is 4.90 Å². The van der Waals surface area contributed by atoms with Crippen LogP contribution in [0.4, 0.5) is 5.69 Å². The van der Waals surface area contributed by atoms with Crippen LogP contribution in [0.5, 0.6) is 0 Å². The van der Waals surface area contributed by atoms with Crippen LogP contribution in [0.2, 0.25) is 0 Å². The quantitative estimate of drug-likeness (QED) is 0.917. The van der Waals surface area contributed by atoms with E-state index in [2.05, 4.69) is 38.7 Å². The van der Waals surface area contributed by atoms with Gasteiger partial charge in [-0.15, -0.1) is 0 Å². The highest BCUT2D eigenvalue weighted by molar-refractivity contribution is 5.55. The van der Waals surface area contributed by atoms with Crippen LogP contribution in [0.15, 0.2) is 24.3 Å². The highest BCUT2D eigenvalue weighted by atomic mass is 16.5. The van der Waals surface area contributed by atoms with Gasteiger partial charge in [0.25, 0.3) is 0 Å². The van der Waals surface area contributed by atoms with Crippen molar-refractivity contribution >= 4 is 5.69 Å². The molecule has 1 heterocycles. The van der Waals surface area contributed by atoms with Crippen LogP contribution in [0.3, 0.4) is 0 Å². The molecule has 1 aliphatic heterocycles. The Bertz CT molecular complexity index is 452. The summed E-state index contributed by atoms with van der Waals surface area (Å²) in [6, 6.07) is 8.16. The number of hydrogen-bond donors (Lipinski definition) is 1. The third-order valence-corrected chi connectivity index (χ3v) is 3.72. The molecule has 3 heteroatoms. The monoisotopic (exact) mass is 277 g/mol. The van der Waals surface area contributed by atoms with Crippen LogP contribution >= 0.6 is 0 Å². The molecule has 1 N–H and O–H groups in total. The average Bonchev–Trinajstić information content (AvgIpc) is 2.34. The molecular formula is C17H27NO2. The molecule has 112 valence electrons. The Labute approximate surface area is 122 Å². The van der Waals surface area contributed by atoms with Gasteiger partial charge in [-0.25, -0.2) is 0 Å². The van der Waals surface area contributed by atoms with E-state index in [9.17, 15) is 5.11 Å². The summed E-state index contributed by atoms with van der Waals surface area (Å²) in [5.74, 6) is 0. The number of nitrogens with zero attached hydrogens (tertiary/aromatic N) is 1. The van der Waals surface area contributed by atoms with E-state index >= 15 is 0 Å². The number of benzene rings is 1. The number of hydrogen-bond acceptors (Lipinski definition) is 3. The molecule has 0 aromatic heterocycles. The molecule has 1 unspecified atom stereocenters. The summed E-state index contributed by atoms with van der Waals surface area (Å²) in [6.45, 7) is 12.2. The molecule has 0 bridgehead atoms. The topological polar surface area (TPSA) is 32.7 Å². The lowest BCUT2D eigenvalue weighted by molar-refractivity contribution is -0.133. The fraction of sp³-hybridized carbons (Fsp3) is 0.647. The van der Waals surface area contributed by atoms with E-state index in [1.54, 1.807) is 0 Å². The zero-order valence-corrected chi connectivity index (χ0v) is 13.3. The molecule has 0 radical (unpaired) electrons. The molecule has 1 aromatic rings. The van der Waals surface area contributed by atoms with Gasteiger partial charge in [0.15, 0.2) is 0 Å².